The summed E-state index contributed by atoms with van der Waals surface area (Å²) in [6.45, 7) is 6.10. The van der Waals surface area contributed by atoms with Crippen molar-refractivity contribution in [2.75, 3.05) is 80.9 Å². The van der Waals surface area contributed by atoms with E-state index in [0.29, 0.717) is 56.3 Å². The van der Waals surface area contributed by atoms with Gasteiger partial charge in [0.15, 0.2) is 5.65 Å². The number of nitrogens with one attached hydrogen (secondary N) is 1. The van der Waals surface area contributed by atoms with Crippen molar-refractivity contribution in [2.45, 2.75) is 0 Å². The summed E-state index contributed by atoms with van der Waals surface area (Å²) in [4.78, 5) is 22.6. The van der Waals surface area contributed by atoms with Crippen LogP contribution in [0.2, 0.25) is 0 Å². The molecular weight excluding hydrogens is 338 g/mol. The quantitative estimate of drug-likeness (QED) is 0.723. The first kappa shape index (κ1) is 17.1. The number of hydrogen-bond acceptors (Lipinski definition) is 10. The second-order valence-electron chi connectivity index (χ2n) is 6.13. The van der Waals surface area contributed by atoms with Gasteiger partial charge in [-0.1, -0.05) is 0 Å². The Kier molecular flexibility index (Phi) is 5.23. The normalized spacial score (nSPS) is 18.3. The van der Waals surface area contributed by atoms with Crippen LogP contribution in [0.4, 0.5) is 17.7 Å². The number of fused-ring (bicyclic) bond motifs is 1. The van der Waals surface area contributed by atoms with E-state index in [0.717, 1.165) is 31.6 Å². The molecule has 2 aromatic rings. The molecule has 2 aliphatic rings. The minimum Gasteiger partial charge on any atom is -0.395 e. The molecule has 10 nitrogen and oxygen atoms in total. The molecule has 0 radical (unpaired) electrons. The van der Waals surface area contributed by atoms with Gasteiger partial charge in [-0.2, -0.15) is 15.0 Å². The van der Waals surface area contributed by atoms with Crippen molar-refractivity contribution < 1.29 is 14.6 Å². The molecule has 4 rings (SSSR count). The molecule has 2 aromatic heterocycles. The molecule has 0 spiro atoms. The summed E-state index contributed by atoms with van der Waals surface area (Å²) in [5, 5.41) is 13.0. The van der Waals surface area contributed by atoms with Crippen LogP contribution in [-0.4, -0.2) is 90.8 Å². The number of hydrogen-bond donors (Lipinski definition) is 2. The molecule has 0 saturated carbocycles. The minimum absolute atomic E-state index is 0.0190. The maximum atomic E-state index is 9.15. The lowest BCUT2D eigenvalue weighted by Crippen LogP contribution is -2.38. The zero-order chi connectivity index (χ0) is 17.8. The number of ether oxygens (including phenoxy) is 2. The van der Waals surface area contributed by atoms with Gasteiger partial charge in [-0.3, -0.25) is 0 Å². The van der Waals surface area contributed by atoms with E-state index < -0.39 is 0 Å². The molecule has 0 amide bonds. The summed E-state index contributed by atoms with van der Waals surface area (Å²) in [5.74, 6) is 1.91. The minimum atomic E-state index is 0.0190. The standard InChI is InChI=1S/C16H23N7O3/c24-6-1-17-13-12-11-18-15(22-2-7-25-8-3-22)20-14(12)21-16(19-13)23-4-9-26-10-5-23/h11,24H,1-10H2,(H,17,18,19,20,21). The molecule has 2 N–H and O–H groups in total. The molecule has 4 heterocycles. The van der Waals surface area contributed by atoms with Crippen LogP contribution >= 0.6 is 0 Å². The van der Waals surface area contributed by atoms with Gasteiger partial charge in [-0.15, -0.1) is 0 Å². The average Bonchev–Trinajstić information content (AvgIpc) is 2.72. The second-order valence-corrected chi connectivity index (χ2v) is 6.13. The van der Waals surface area contributed by atoms with E-state index in [1.807, 2.05) is 0 Å². The number of aromatic nitrogens is 4. The number of aliphatic hydroxyl groups excluding tert-OH is 1. The third kappa shape index (κ3) is 3.62. The van der Waals surface area contributed by atoms with Gasteiger partial charge in [0.25, 0.3) is 0 Å². The summed E-state index contributed by atoms with van der Waals surface area (Å²) in [6, 6.07) is 0. The van der Waals surface area contributed by atoms with Crippen molar-refractivity contribution in [1.82, 2.24) is 19.9 Å². The summed E-state index contributed by atoms with van der Waals surface area (Å²) >= 11 is 0. The summed E-state index contributed by atoms with van der Waals surface area (Å²) in [6.07, 6.45) is 1.75. The Labute approximate surface area is 151 Å². The Balaban J connectivity index is 1.71. The van der Waals surface area contributed by atoms with Crippen LogP contribution in [0, 0.1) is 0 Å². The van der Waals surface area contributed by atoms with E-state index >= 15 is 0 Å². The number of nitrogens with zero attached hydrogens (tertiary/aromatic N) is 6. The van der Waals surface area contributed by atoms with E-state index in [9.17, 15) is 0 Å². The Hall–Kier alpha value is -2.30. The van der Waals surface area contributed by atoms with Gasteiger partial charge in [-0.25, -0.2) is 4.98 Å². The van der Waals surface area contributed by atoms with Crippen LogP contribution < -0.4 is 15.1 Å². The van der Waals surface area contributed by atoms with Crippen molar-refractivity contribution in [2.24, 2.45) is 0 Å². The van der Waals surface area contributed by atoms with Crippen LogP contribution in [0.3, 0.4) is 0 Å². The first-order chi connectivity index (χ1) is 12.8. The third-order valence-electron chi connectivity index (χ3n) is 4.42. The molecular formula is C16H23N7O3. The number of aliphatic hydroxyl groups is 1. The Morgan fingerprint density at radius 3 is 2.19 bits per heavy atom. The van der Waals surface area contributed by atoms with E-state index in [1.165, 1.54) is 0 Å². The predicted octanol–water partition coefficient (Wildman–Crippen LogP) is -0.503. The lowest BCUT2D eigenvalue weighted by atomic mass is 10.3. The molecule has 10 heteroatoms. The molecule has 0 bridgehead atoms. The summed E-state index contributed by atoms with van der Waals surface area (Å²) in [7, 11) is 0. The number of rotatable bonds is 5. The van der Waals surface area contributed by atoms with Crippen molar-refractivity contribution in [1.29, 1.82) is 0 Å². The Bertz CT molecular complexity index is 743. The van der Waals surface area contributed by atoms with E-state index in [1.54, 1.807) is 6.20 Å². The SMILES string of the molecule is OCCNc1nc(N2CCOCC2)nc2nc(N3CCOCC3)ncc12. The van der Waals surface area contributed by atoms with Gasteiger partial charge in [0.05, 0.1) is 38.4 Å². The van der Waals surface area contributed by atoms with Gasteiger partial charge >= 0.3 is 0 Å². The third-order valence-corrected chi connectivity index (χ3v) is 4.42. The van der Waals surface area contributed by atoms with E-state index in [4.69, 9.17) is 14.6 Å². The van der Waals surface area contributed by atoms with Crippen LogP contribution in [0.25, 0.3) is 11.0 Å². The highest BCUT2D eigenvalue weighted by Crippen LogP contribution is 2.24. The number of morpholine rings is 2. The summed E-state index contributed by atoms with van der Waals surface area (Å²) in [5.41, 5.74) is 0.596. The zero-order valence-electron chi connectivity index (χ0n) is 14.6. The fraction of sp³-hybridized carbons (Fsp3) is 0.625. The molecule has 140 valence electrons. The van der Waals surface area contributed by atoms with Crippen molar-refractivity contribution >= 4 is 28.7 Å². The van der Waals surface area contributed by atoms with Gasteiger partial charge in [0.2, 0.25) is 11.9 Å². The van der Waals surface area contributed by atoms with Gasteiger partial charge in [0, 0.05) is 38.9 Å². The van der Waals surface area contributed by atoms with Gasteiger partial charge in [0.1, 0.15) is 5.82 Å². The molecule has 0 atom stereocenters. The lowest BCUT2D eigenvalue weighted by molar-refractivity contribution is 0.122. The molecule has 26 heavy (non-hydrogen) atoms. The smallest absolute Gasteiger partial charge is 0.229 e. The molecule has 2 saturated heterocycles. The second kappa shape index (κ2) is 7.94. The first-order valence-corrected chi connectivity index (χ1v) is 8.90. The lowest BCUT2D eigenvalue weighted by Gasteiger charge is -2.28. The Morgan fingerprint density at radius 1 is 0.923 bits per heavy atom. The van der Waals surface area contributed by atoms with Gasteiger partial charge < -0.3 is 29.7 Å². The molecule has 2 aliphatic heterocycles. The van der Waals surface area contributed by atoms with Crippen molar-refractivity contribution in [3.05, 3.63) is 6.20 Å². The molecule has 0 aliphatic carbocycles. The van der Waals surface area contributed by atoms with Crippen LogP contribution in [0.1, 0.15) is 0 Å². The predicted molar refractivity (Wildman–Crippen MR) is 96.8 cm³/mol. The fourth-order valence-electron chi connectivity index (χ4n) is 3.03. The molecule has 0 aromatic carbocycles. The van der Waals surface area contributed by atoms with E-state index in [2.05, 4.69) is 35.1 Å². The van der Waals surface area contributed by atoms with Crippen molar-refractivity contribution in [3.8, 4) is 0 Å². The monoisotopic (exact) mass is 361 g/mol. The van der Waals surface area contributed by atoms with Crippen molar-refractivity contribution in [3.63, 3.8) is 0 Å². The highest BCUT2D eigenvalue weighted by atomic mass is 16.5. The highest BCUT2D eigenvalue weighted by Gasteiger charge is 2.19. The summed E-state index contributed by atoms with van der Waals surface area (Å²) < 4.78 is 10.8. The molecule has 2 fully saturated rings. The largest absolute Gasteiger partial charge is 0.395 e. The van der Waals surface area contributed by atoms with Crippen LogP contribution in [0.5, 0.6) is 0 Å². The zero-order valence-corrected chi connectivity index (χ0v) is 14.6. The Morgan fingerprint density at radius 2 is 1.54 bits per heavy atom. The van der Waals surface area contributed by atoms with Gasteiger partial charge in [-0.05, 0) is 0 Å². The maximum absolute atomic E-state index is 9.15. The highest BCUT2D eigenvalue weighted by molar-refractivity contribution is 5.87. The van der Waals surface area contributed by atoms with Crippen LogP contribution in [-0.2, 0) is 9.47 Å². The maximum Gasteiger partial charge on any atom is 0.229 e. The van der Waals surface area contributed by atoms with E-state index in [-0.39, 0.29) is 6.61 Å². The number of anilines is 3. The first-order valence-electron chi connectivity index (χ1n) is 8.90. The average molecular weight is 361 g/mol. The van der Waals surface area contributed by atoms with Crippen LogP contribution in [0.15, 0.2) is 6.20 Å². The molecule has 0 unspecified atom stereocenters. The topological polar surface area (TPSA) is 109 Å². The fourth-order valence-corrected chi connectivity index (χ4v) is 3.03.